The summed E-state index contributed by atoms with van der Waals surface area (Å²) < 4.78 is 7.00. The zero-order chi connectivity index (χ0) is 40.7. The lowest BCUT2D eigenvalue weighted by Crippen LogP contribution is -2.54. The van der Waals surface area contributed by atoms with Crippen LogP contribution in [-0.4, -0.2) is 114 Å². The number of hydrogen-bond acceptors (Lipinski definition) is 12. The van der Waals surface area contributed by atoms with Crippen molar-refractivity contribution in [3.05, 3.63) is 81.2 Å². The Balaban J connectivity index is 0.842. The third-order valence-corrected chi connectivity index (χ3v) is 11.9. The predicted octanol–water partition coefficient (Wildman–Crippen LogP) is 2.90. The fraction of sp³-hybridized carbons (Fsp3) is 0.390. The van der Waals surface area contributed by atoms with E-state index < -0.39 is 29.7 Å². The molecule has 1 unspecified atom stereocenters. The number of pyridine rings is 2. The van der Waals surface area contributed by atoms with Crippen LogP contribution in [0.4, 0.5) is 22.9 Å². The van der Waals surface area contributed by atoms with Crippen molar-refractivity contribution < 1.29 is 28.7 Å². The molecule has 3 N–H and O–H groups in total. The van der Waals surface area contributed by atoms with Crippen LogP contribution in [0.2, 0.25) is 5.02 Å². The summed E-state index contributed by atoms with van der Waals surface area (Å²) in [5, 5.41) is 9.36. The molecule has 3 fully saturated rings. The number of rotatable bonds is 10. The number of benzene rings is 2. The first-order valence-electron chi connectivity index (χ1n) is 19.4. The van der Waals surface area contributed by atoms with Gasteiger partial charge in [-0.05, 0) is 67.6 Å². The smallest absolute Gasteiger partial charge is 0.293 e. The zero-order valence-electron chi connectivity index (χ0n) is 32.3. The Kier molecular flexibility index (Phi) is 10.8. The molecule has 2 aromatic heterocycles. The lowest BCUT2D eigenvalue weighted by atomic mass is 9.96. The summed E-state index contributed by atoms with van der Waals surface area (Å²) in [4.78, 5) is 87.7. The summed E-state index contributed by atoms with van der Waals surface area (Å²) in [6.45, 7) is 5.76. The van der Waals surface area contributed by atoms with E-state index in [0.29, 0.717) is 27.7 Å². The van der Waals surface area contributed by atoms with Gasteiger partial charge in [0.2, 0.25) is 11.8 Å². The Morgan fingerprint density at radius 1 is 0.897 bits per heavy atom. The molecule has 302 valence electrons. The average molecular weight is 810 g/mol. The molecule has 16 nitrogen and oxygen atoms in total. The maximum Gasteiger partial charge on any atom is 0.293 e. The van der Waals surface area contributed by atoms with E-state index in [4.69, 9.17) is 16.3 Å². The predicted molar refractivity (Wildman–Crippen MR) is 218 cm³/mol. The van der Waals surface area contributed by atoms with Crippen LogP contribution in [0.3, 0.4) is 0 Å². The molecule has 3 saturated heterocycles. The summed E-state index contributed by atoms with van der Waals surface area (Å²) in [6, 6.07) is 13.5. The number of likely N-dealkylation sites (N-methyl/N-ethyl adjacent to an activating group) is 1. The van der Waals surface area contributed by atoms with E-state index in [1.165, 1.54) is 11.6 Å². The number of piperidine rings is 2. The molecule has 8 rings (SSSR count). The number of nitrogens with one attached hydrogen (secondary N) is 3. The van der Waals surface area contributed by atoms with Gasteiger partial charge in [0.15, 0.2) is 12.4 Å². The summed E-state index contributed by atoms with van der Waals surface area (Å²) in [5.41, 5.74) is 3.30. The molecule has 2 aromatic carbocycles. The van der Waals surface area contributed by atoms with Gasteiger partial charge >= 0.3 is 0 Å². The molecule has 0 spiro atoms. The maximum absolute atomic E-state index is 13.3. The maximum atomic E-state index is 13.3. The van der Waals surface area contributed by atoms with Gasteiger partial charge in [0.1, 0.15) is 11.9 Å². The second kappa shape index (κ2) is 16.1. The van der Waals surface area contributed by atoms with Gasteiger partial charge in [-0.15, -0.1) is 0 Å². The normalized spacial score (nSPS) is 19.1. The van der Waals surface area contributed by atoms with E-state index in [1.54, 1.807) is 31.4 Å². The molecule has 5 amide bonds. The second-order valence-corrected chi connectivity index (χ2v) is 15.6. The number of imide groups is 2. The van der Waals surface area contributed by atoms with Crippen molar-refractivity contribution in [3.63, 3.8) is 0 Å². The number of piperazine rings is 1. The van der Waals surface area contributed by atoms with Crippen molar-refractivity contribution in [2.24, 2.45) is 13.0 Å². The molecule has 4 aromatic rings. The number of aryl methyl sites for hydroxylation is 1. The Hall–Kier alpha value is -6.00. The van der Waals surface area contributed by atoms with E-state index in [0.717, 1.165) is 86.1 Å². The van der Waals surface area contributed by atoms with Crippen LogP contribution in [-0.2, 0) is 21.4 Å². The number of carbonyl (C=O) groups is 5. The number of anilines is 4. The van der Waals surface area contributed by atoms with Gasteiger partial charge in [0.05, 0.1) is 33.6 Å². The van der Waals surface area contributed by atoms with Gasteiger partial charge in [0.25, 0.3) is 23.3 Å². The summed E-state index contributed by atoms with van der Waals surface area (Å²) in [7, 11) is 3.17. The minimum atomic E-state index is -0.983. The molecule has 0 bridgehead atoms. The molecule has 4 aliphatic rings. The van der Waals surface area contributed by atoms with E-state index in [-0.39, 0.29) is 42.2 Å². The lowest BCUT2D eigenvalue weighted by molar-refractivity contribution is -0.136. The minimum absolute atomic E-state index is 0.0836. The van der Waals surface area contributed by atoms with Crippen LogP contribution >= 0.6 is 11.6 Å². The van der Waals surface area contributed by atoms with E-state index >= 15 is 0 Å². The molecule has 17 heteroatoms. The van der Waals surface area contributed by atoms with Crippen LogP contribution < -0.4 is 36.0 Å². The van der Waals surface area contributed by atoms with Crippen LogP contribution in [0.1, 0.15) is 46.4 Å². The number of amides is 5. The molecule has 6 heterocycles. The first kappa shape index (κ1) is 38.9. The van der Waals surface area contributed by atoms with Gasteiger partial charge < -0.3 is 29.7 Å². The highest BCUT2D eigenvalue weighted by atomic mass is 35.5. The van der Waals surface area contributed by atoms with Crippen LogP contribution in [0, 0.1) is 5.92 Å². The van der Waals surface area contributed by atoms with Crippen molar-refractivity contribution in [1.29, 1.82) is 0 Å². The van der Waals surface area contributed by atoms with Gasteiger partial charge in [-0.3, -0.25) is 43.9 Å². The highest BCUT2D eigenvalue weighted by molar-refractivity contribution is 6.33. The summed E-state index contributed by atoms with van der Waals surface area (Å²) in [6.07, 6.45) is 3.91. The van der Waals surface area contributed by atoms with Crippen LogP contribution in [0.15, 0.2) is 59.5 Å². The molecular formula is C41H44ClN9O7. The highest BCUT2D eigenvalue weighted by Crippen LogP contribution is 2.33. The van der Waals surface area contributed by atoms with Crippen LogP contribution in [0.5, 0.6) is 5.75 Å². The first-order chi connectivity index (χ1) is 28.0. The Labute approximate surface area is 339 Å². The number of nitrogens with zero attached hydrogens (tertiary/aromatic N) is 6. The van der Waals surface area contributed by atoms with Crippen molar-refractivity contribution >= 4 is 74.9 Å². The number of ether oxygens (including phenoxy) is 1. The number of carbonyl (C=O) groups excluding carboxylic acids is 5. The fourth-order valence-corrected chi connectivity index (χ4v) is 8.41. The molecular weight excluding hydrogens is 766 g/mol. The summed E-state index contributed by atoms with van der Waals surface area (Å²) in [5.74, 6) is -0.889. The van der Waals surface area contributed by atoms with E-state index in [2.05, 4.69) is 35.6 Å². The Morgan fingerprint density at radius 3 is 2.40 bits per heavy atom. The monoisotopic (exact) mass is 809 g/mol. The standard InChI is InChI=1S/C41H44ClN9O7/c1-43-37(53)23-58-34-18-25-17-26(3-6-32(25)47(2)41(34)57)45-31-20-35(44-21-30(31)42)50-11-9-24(10-12-50)22-48-13-15-49(16-14-48)27-4-5-28-29(19-27)40(56)51(39(28)55)33-7-8-36(52)46-38(33)54/h3-6,17-21,24,33H,7-16,22-23H2,1-2H3,(H,43,53)(H,44,45)(H,46,52,54). The van der Waals surface area contributed by atoms with Gasteiger partial charge in [-0.25, -0.2) is 4.98 Å². The Bertz CT molecular complexity index is 2390. The lowest BCUT2D eigenvalue weighted by Gasteiger charge is -2.40. The SMILES string of the molecule is CNC(=O)COc1cc2cc(Nc3cc(N4CCC(CN5CCN(c6ccc7c(c6)C(=O)N(C6CCC(=O)NC6=O)C7=O)CC5)CC4)ncc3Cl)ccc2n(C)c1=O. The number of fused-ring (bicyclic) bond motifs is 2. The molecule has 1 atom stereocenters. The van der Waals surface area contributed by atoms with E-state index in [9.17, 15) is 28.8 Å². The van der Waals surface area contributed by atoms with Crippen molar-refractivity contribution in [2.45, 2.75) is 31.7 Å². The minimum Gasteiger partial charge on any atom is -0.478 e. The van der Waals surface area contributed by atoms with Crippen molar-refractivity contribution in [1.82, 2.24) is 30.0 Å². The molecule has 0 aliphatic carbocycles. The van der Waals surface area contributed by atoms with E-state index in [1.807, 2.05) is 30.3 Å². The zero-order valence-corrected chi connectivity index (χ0v) is 33.0. The van der Waals surface area contributed by atoms with Gasteiger partial charge in [0, 0.05) is 89.2 Å². The average Bonchev–Trinajstić information content (AvgIpc) is 3.47. The number of aromatic nitrogens is 2. The molecule has 0 saturated carbocycles. The van der Waals surface area contributed by atoms with Crippen LogP contribution in [0.25, 0.3) is 10.9 Å². The van der Waals surface area contributed by atoms with Gasteiger partial charge in [-0.1, -0.05) is 11.6 Å². The molecule has 4 aliphatic heterocycles. The van der Waals surface area contributed by atoms with Crippen molar-refractivity contribution in [3.8, 4) is 5.75 Å². The number of hydrogen-bond donors (Lipinski definition) is 3. The molecule has 0 radical (unpaired) electrons. The third-order valence-electron chi connectivity index (χ3n) is 11.6. The largest absolute Gasteiger partial charge is 0.478 e. The summed E-state index contributed by atoms with van der Waals surface area (Å²) >= 11 is 6.61. The van der Waals surface area contributed by atoms with Gasteiger partial charge in [-0.2, -0.15) is 0 Å². The van der Waals surface area contributed by atoms with Crippen molar-refractivity contribution in [2.75, 3.05) is 74.6 Å². The topological polar surface area (TPSA) is 179 Å². The third kappa shape index (κ3) is 7.68. The Morgan fingerprint density at radius 2 is 1.66 bits per heavy atom. The first-order valence-corrected chi connectivity index (χ1v) is 19.8. The second-order valence-electron chi connectivity index (χ2n) is 15.2. The fourth-order valence-electron chi connectivity index (χ4n) is 8.26. The molecule has 58 heavy (non-hydrogen) atoms. The number of halogens is 1. The highest BCUT2D eigenvalue weighted by Gasteiger charge is 2.45. The quantitative estimate of drug-likeness (QED) is 0.200.